The Morgan fingerprint density at radius 1 is 1.88 bits per heavy atom. The Labute approximate surface area is 47.1 Å². The van der Waals surface area contributed by atoms with Gasteiger partial charge in [-0.15, -0.1) is 0 Å². The van der Waals surface area contributed by atoms with E-state index in [1.807, 2.05) is 0 Å². The second-order valence-corrected chi connectivity index (χ2v) is 1.31. The number of aliphatic hydroxyl groups excluding tert-OH is 2. The SMILES string of the molecule is CNC(=O)C(O)CO. The first-order valence-corrected chi connectivity index (χ1v) is 2.23. The Hall–Kier alpha value is -0.610. The van der Waals surface area contributed by atoms with Crippen LogP contribution >= 0.6 is 0 Å². The summed E-state index contributed by atoms with van der Waals surface area (Å²) in [6.45, 7) is -0.528. The molecule has 0 aromatic carbocycles. The highest BCUT2D eigenvalue weighted by Crippen LogP contribution is 1.76. The van der Waals surface area contributed by atoms with Crippen molar-refractivity contribution in [3.63, 3.8) is 0 Å². The summed E-state index contributed by atoms with van der Waals surface area (Å²) in [6.07, 6.45) is -1.28. The van der Waals surface area contributed by atoms with Crippen molar-refractivity contribution >= 4 is 5.91 Å². The van der Waals surface area contributed by atoms with Gasteiger partial charge in [-0.1, -0.05) is 0 Å². The average Bonchev–Trinajstić information content (AvgIpc) is 1.84. The van der Waals surface area contributed by atoms with Crippen LogP contribution in [0.5, 0.6) is 0 Å². The maximum absolute atomic E-state index is 10.2. The van der Waals surface area contributed by atoms with Crippen molar-refractivity contribution in [2.24, 2.45) is 0 Å². The number of nitrogens with one attached hydrogen (secondary N) is 1. The average molecular weight is 119 g/mol. The topological polar surface area (TPSA) is 69.6 Å². The van der Waals surface area contributed by atoms with E-state index < -0.39 is 18.6 Å². The van der Waals surface area contributed by atoms with Crippen LogP contribution in [0, 0.1) is 0 Å². The third kappa shape index (κ3) is 1.90. The molecule has 0 fully saturated rings. The number of hydrogen-bond acceptors (Lipinski definition) is 3. The number of hydrogen-bond donors (Lipinski definition) is 3. The molecule has 1 unspecified atom stereocenters. The first kappa shape index (κ1) is 7.39. The van der Waals surface area contributed by atoms with Gasteiger partial charge in [-0.3, -0.25) is 4.79 Å². The number of carbonyl (C=O) groups is 1. The van der Waals surface area contributed by atoms with Gasteiger partial charge in [-0.2, -0.15) is 0 Å². The van der Waals surface area contributed by atoms with E-state index in [1.54, 1.807) is 0 Å². The lowest BCUT2D eigenvalue weighted by Gasteiger charge is -2.02. The molecule has 0 aliphatic rings. The molecule has 48 valence electrons. The fourth-order valence-corrected chi connectivity index (χ4v) is 0.250. The smallest absolute Gasteiger partial charge is 0.250 e. The molecule has 8 heavy (non-hydrogen) atoms. The van der Waals surface area contributed by atoms with Crippen molar-refractivity contribution in [1.29, 1.82) is 0 Å². The highest BCUT2D eigenvalue weighted by atomic mass is 16.3. The Morgan fingerprint density at radius 2 is 2.38 bits per heavy atom. The summed E-state index contributed by atoms with van der Waals surface area (Å²) >= 11 is 0. The molecule has 0 spiro atoms. The van der Waals surface area contributed by atoms with Crippen LogP contribution < -0.4 is 5.32 Å². The minimum absolute atomic E-state index is 0.528. The Bertz CT molecular complexity index is 83.4. The molecule has 1 amide bonds. The van der Waals surface area contributed by atoms with Gasteiger partial charge in [-0.25, -0.2) is 0 Å². The van der Waals surface area contributed by atoms with Crippen molar-refractivity contribution in [2.75, 3.05) is 13.7 Å². The van der Waals surface area contributed by atoms with Gasteiger partial charge in [0.15, 0.2) is 6.10 Å². The maximum Gasteiger partial charge on any atom is 0.250 e. The summed E-state index contributed by atoms with van der Waals surface area (Å²) < 4.78 is 0. The van der Waals surface area contributed by atoms with Gasteiger partial charge in [0.2, 0.25) is 0 Å². The highest BCUT2D eigenvalue weighted by Gasteiger charge is 2.09. The van der Waals surface area contributed by atoms with Crippen LogP contribution in [0.25, 0.3) is 0 Å². The summed E-state index contributed by atoms with van der Waals surface area (Å²) in [5.41, 5.74) is 0. The van der Waals surface area contributed by atoms with E-state index in [4.69, 9.17) is 10.2 Å². The van der Waals surface area contributed by atoms with E-state index in [0.29, 0.717) is 0 Å². The third-order valence-electron chi connectivity index (χ3n) is 0.722. The molecule has 3 N–H and O–H groups in total. The van der Waals surface area contributed by atoms with E-state index in [-0.39, 0.29) is 0 Å². The normalized spacial score (nSPS) is 12.9. The zero-order valence-electron chi connectivity index (χ0n) is 4.59. The largest absolute Gasteiger partial charge is 0.393 e. The predicted molar refractivity (Wildman–Crippen MR) is 27.2 cm³/mol. The fourth-order valence-electron chi connectivity index (χ4n) is 0.250. The minimum Gasteiger partial charge on any atom is -0.393 e. The fraction of sp³-hybridized carbons (Fsp3) is 0.750. The lowest BCUT2D eigenvalue weighted by atomic mass is 10.4. The van der Waals surface area contributed by atoms with Gasteiger partial charge in [0.1, 0.15) is 0 Å². The molecule has 0 aromatic rings. The van der Waals surface area contributed by atoms with Crippen LogP contribution in [0.3, 0.4) is 0 Å². The lowest BCUT2D eigenvalue weighted by molar-refractivity contribution is -0.130. The van der Waals surface area contributed by atoms with Crippen molar-refractivity contribution in [2.45, 2.75) is 6.10 Å². The van der Waals surface area contributed by atoms with Gasteiger partial charge in [0.05, 0.1) is 6.61 Å². The van der Waals surface area contributed by atoms with E-state index in [1.165, 1.54) is 7.05 Å². The number of amides is 1. The zero-order chi connectivity index (χ0) is 6.57. The molecule has 4 heteroatoms. The molecule has 4 nitrogen and oxygen atoms in total. The van der Waals surface area contributed by atoms with Crippen LogP contribution in [-0.2, 0) is 4.79 Å². The van der Waals surface area contributed by atoms with E-state index in [2.05, 4.69) is 5.32 Å². The Balaban J connectivity index is 3.46. The number of likely N-dealkylation sites (N-methyl/N-ethyl adjacent to an activating group) is 1. The van der Waals surface area contributed by atoms with Crippen molar-refractivity contribution in [3.8, 4) is 0 Å². The third-order valence-corrected chi connectivity index (χ3v) is 0.722. The summed E-state index contributed by atoms with van der Waals surface area (Å²) in [4.78, 5) is 10.2. The molecule has 0 aromatic heterocycles. The maximum atomic E-state index is 10.2. The molecule has 0 rings (SSSR count). The van der Waals surface area contributed by atoms with E-state index >= 15 is 0 Å². The summed E-state index contributed by atoms with van der Waals surface area (Å²) in [5, 5.41) is 18.8. The molecule has 0 saturated carbocycles. The van der Waals surface area contributed by atoms with Crippen molar-refractivity contribution in [3.05, 3.63) is 0 Å². The van der Waals surface area contributed by atoms with Crippen LogP contribution in [0.2, 0.25) is 0 Å². The molecular formula is C4H9NO3. The van der Waals surface area contributed by atoms with Crippen molar-refractivity contribution < 1.29 is 15.0 Å². The van der Waals surface area contributed by atoms with Crippen molar-refractivity contribution in [1.82, 2.24) is 5.32 Å². The molecule has 0 bridgehead atoms. The summed E-state index contributed by atoms with van der Waals surface area (Å²) in [5.74, 6) is -0.562. The van der Waals surface area contributed by atoms with Crippen LogP contribution in [0.1, 0.15) is 0 Å². The molecule has 0 aliphatic carbocycles. The first-order valence-electron chi connectivity index (χ1n) is 2.23. The molecule has 1 atom stereocenters. The molecule has 0 aliphatic heterocycles. The van der Waals surface area contributed by atoms with Gasteiger partial charge in [0, 0.05) is 7.05 Å². The van der Waals surface area contributed by atoms with Gasteiger partial charge in [0.25, 0.3) is 5.91 Å². The number of rotatable bonds is 2. The summed E-state index contributed by atoms with van der Waals surface area (Å²) in [6, 6.07) is 0. The van der Waals surface area contributed by atoms with E-state index in [0.717, 1.165) is 0 Å². The first-order chi connectivity index (χ1) is 3.72. The Kier molecular flexibility index (Phi) is 3.14. The lowest BCUT2D eigenvalue weighted by Crippen LogP contribution is -2.34. The second-order valence-electron chi connectivity index (χ2n) is 1.31. The van der Waals surface area contributed by atoms with Gasteiger partial charge < -0.3 is 15.5 Å². The molecule has 0 heterocycles. The minimum atomic E-state index is -1.28. The molecule has 0 radical (unpaired) electrons. The molecule has 0 saturated heterocycles. The zero-order valence-corrected chi connectivity index (χ0v) is 4.59. The summed E-state index contributed by atoms with van der Waals surface area (Å²) in [7, 11) is 1.39. The Morgan fingerprint density at radius 3 is 2.50 bits per heavy atom. The number of carbonyl (C=O) groups excluding carboxylic acids is 1. The van der Waals surface area contributed by atoms with Crippen LogP contribution in [0.4, 0.5) is 0 Å². The quantitative estimate of drug-likeness (QED) is 0.397. The molecular weight excluding hydrogens is 110 g/mol. The van der Waals surface area contributed by atoms with Gasteiger partial charge in [-0.05, 0) is 0 Å². The highest BCUT2D eigenvalue weighted by molar-refractivity contribution is 5.80. The number of aliphatic hydroxyl groups is 2. The van der Waals surface area contributed by atoms with Gasteiger partial charge >= 0.3 is 0 Å². The van der Waals surface area contributed by atoms with E-state index in [9.17, 15) is 4.79 Å². The predicted octanol–water partition coefficient (Wildman–Crippen LogP) is -1.91. The van der Waals surface area contributed by atoms with Crippen LogP contribution in [-0.4, -0.2) is 35.9 Å². The monoisotopic (exact) mass is 119 g/mol. The van der Waals surface area contributed by atoms with Crippen LogP contribution in [0.15, 0.2) is 0 Å². The second kappa shape index (κ2) is 3.40. The standard InChI is InChI=1S/C4H9NO3/c1-5-4(8)3(7)2-6/h3,6-7H,2H2,1H3,(H,5,8).